The molecule has 5 heteroatoms. The summed E-state index contributed by atoms with van der Waals surface area (Å²) >= 11 is 0. The molecule has 1 aliphatic heterocycles. The molecule has 1 atom stereocenters. The van der Waals surface area contributed by atoms with Crippen LogP contribution < -0.4 is 4.90 Å². The van der Waals surface area contributed by atoms with E-state index in [1.807, 2.05) is 4.90 Å². The van der Waals surface area contributed by atoms with E-state index in [4.69, 9.17) is 4.74 Å². The van der Waals surface area contributed by atoms with Crippen molar-refractivity contribution in [2.75, 3.05) is 25.1 Å². The van der Waals surface area contributed by atoms with Gasteiger partial charge in [-0.1, -0.05) is 0 Å². The Morgan fingerprint density at radius 2 is 2.26 bits per heavy atom. The van der Waals surface area contributed by atoms with Crippen molar-refractivity contribution in [3.8, 4) is 0 Å². The molecule has 0 radical (unpaired) electrons. The molecular formula is C14H18N2O3. The third-order valence-corrected chi connectivity index (χ3v) is 3.49. The van der Waals surface area contributed by atoms with E-state index >= 15 is 0 Å². The van der Waals surface area contributed by atoms with Crippen LogP contribution in [0.3, 0.4) is 0 Å². The van der Waals surface area contributed by atoms with Gasteiger partial charge in [-0.05, 0) is 31.9 Å². The van der Waals surface area contributed by atoms with Gasteiger partial charge in [-0.25, -0.2) is 9.78 Å². The van der Waals surface area contributed by atoms with E-state index in [1.54, 1.807) is 25.3 Å². The van der Waals surface area contributed by atoms with Crippen LogP contribution in [0.1, 0.15) is 30.1 Å². The summed E-state index contributed by atoms with van der Waals surface area (Å²) in [5, 5.41) is 0. The fourth-order valence-electron chi connectivity index (χ4n) is 2.42. The molecule has 0 aromatic carbocycles. The van der Waals surface area contributed by atoms with Crippen molar-refractivity contribution in [3.05, 3.63) is 23.9 Å². The lowest BCUT2D eigenvalue weighted by Gasteiger charge is -2.33. The van der Waals surface area contributed by atoms with Gasteiger partial charge >= 0.3 is 5.97 Å². The number of hydrogen-bond donors (Lipinski definition) is 0. The molecule has 2 heterocycles. The molecule has 0 amide bonds. The van der Waals surface area contributed by atoms with Gasteiger partial charge in [0, 0.05) is 25.2 Å². The molecule has 0 aliphatic carbocycles. The van der Waals surface area contributed by atoms with Crippen LogP contribution in [0.5, 0.6) is 0 Å². The van der Waals surface area contributed by atoms with Gasteiger partial charge in [0.25, 0.3) is 0 Å². The summed E-state index contributed by atoms with van der Waals surface area (Å²) in [5.74, 6) is 0.440. The first-order valence-electron chi connectivity index (χ1n) is 6.42. The molecule has 1 unspecified atom stereocenters. The standard InChI is InChI=1S/C14H18N2O3/c1-10(17)11-5-4-8-16(9-11)13-12(14(18)19-2)6-3-7-15-13/h3,6-7,11H,4-5,8-9H2,1-2H3. The summed E-state index contributed by atoms with van der Waals surface area (Å²) in [6, 6.07) is 3.41. The van der Waals surface area contributed by atoms with Gasteiger partial charge in [-0.3, -0.25) is 4.79 Å². The first-order chi connectivity index (χ1) is 9.13. The number of pyridine rings is 1. The normalized spacial score (nSPS) is 19.1. The van der Waals surface area contributed by atoms with Gasteiger partial charge in [0.15, 0.2) is 0 Å². The predicted octanol–water partition coefficient (Wildman–Crippen LogP) is 1.67. The van der Waals surface area contributed by atoms with Gasteiger partial charge in [0.1, 0.15) is 17.2 Å². The van der Waals surface area contributed by atoms with Crippen LogP contribution >= 0.6 is 0 Å². The van der Waals surface area contributed by atoms with Crippen LogP contribution in [0.25, 0.3) is 0 Å². The first-order valence-corrected chi connectivity index (χ1v) is 6.42. The average molecular weight is 262 g/mol. The minimum atomic E-state index is -0.395. The zero-order valence-corrected chi connectivity index (χ0v) is 11.3. The number of carbonyl (C=O) groups excluding carboxylic acids is 2. The van der Waals surface area contributed by atoms with Crippen molar-refractivity contribution in [2.24, 2.45) is 5.92 Å². The molecule has 1 saturated heterocycles. The van der Waals surface area contributed by atoms with Crippen molar-refractivity contribution < 1.29 is 14.3 Å². The highest BCUT2D eigenvalue weighted by atomic mass is 16.5. The number of nitrogens with zero attached hydrogens (tertiary/aromatic N) is 2. The molecule has 1 aromatic rings. The number of ketones is 1. The van der Waals surface area contributed by atoms with Crippen molar-refractivity contribution >= 4 is 17.6 Å². The molecule has 1 aromatic heterocycles. The second-order valence-electron chi connectivity index (χ2n) is 4.76. The maximum absolute atomic E-state index is 11.7. The van der Waals surface area contributed by atoms with E-state index < -0.39 is 5.97 Å². The SMILES string of the molecule is COC(=O)c1cccnc1N1CCCC(C(C)=O)C1. The highest BCUT2D eigenvalue weighted by Gasteiger charge is 2.26. The highest BCUT2D eigenvalue weighted by Crippen LogP contribution is 2.25. The number of rotatable bonds is 3. The molecule has 2 rings (SSSR count). The van der Waals surface area contributed by atoms with Crippen LogP contribution in [-0.4, -0.2) is 36.9 Å². The fourth-order valence-corrected chi connectivity index (χ4v) is 2.42. The van der Waals surface area contributed by atoms with E-state index in [2.05, 4.69) is 4.98 Å². The summed E-state index contributed by atoms with van der Waals surface area (Å²) in [4.78, 5) is 29.5. The van der Waals surface area contributed by atoms with E-state index in [0.29, 0.717) is 17.9 Å². The summed E-state index contributed by atoms with van der Waals surface area (Å²) in [7, 11) is 1.35. The Morgan fingerprint density at radius 1 is 1.47 bits per heavy atom. The molecule has 1 fully saturated rings. The molecule has 102 valence electrons. The number of Topliss-reactive ketones (excluding diaryl/α,β-unsaturated/α-hetero) is 1. The lowest BCUT2D eigenvalue weighted by Crippen LogP contribution is -2.39. The highest BCUT2D eigenvalue weighted by molar-refractivity contribution is 5.94. The Balaban J connectivity index is 2.26. The molecule has 0 spiro atoms. The largest absolute Gasteiger partial charge is 0.465 e. The zero-order valence-electron chi connectivity index (χ0n) is 11.3. The summed E-state index contributed by atoms with van der Waals surface area (Å²) in [5.41, 5.74) is 0.453. The number of carbonyl (C=O) groups is 2. The minimum absolute atomic E-state index is 0.0289. The number of piperidine rings is 1. The van der Waals surface area contributed by atoms with Crippen LogP contribution in [0.4, 0.5) is 5.82 Å². The number of ether oxygens (including phenoxy) is 1. The smallest absolute Gasteiger partial charge is 0.341 e. The van der Waals surface area contributed by atoms with Gasteiger partial charge in [0.2, 0.25) is 0 Å². The maximum atomic E-state index is 11.7. The lowest BCUT2D eigenvalue weighted by atomic mass is 9.94. The lowest BCUT2D eigenvalue weighted by molar-refractivity contribution is -0.120. The summed E-state index contributed by atoms with van der Waals surface area (Å²) in [6.07, 6.45) is 3.49. The minimum Gasteiger partial charge on any atom is -0.465 e. The van der Waals surface area contributed by atoms with E-state index in [9.17, 15) is 9.59 Å². The van der Waals surface area contributed by atoms with E-state index in [0.717, 1.165) is 19.4 Å². The molecule has 0 saturated carbocycles. The van der Waals surface area contributed by atoms with Crippen LogP contribution in [-0.2, 0) is 9.53 Å². The Kier molecular flexibility index (Phi) is 4.14. The Labute approximate surface area is 112 Å². The van der Waals surface area contributed by atoms with Crippen molar-refractivity contribution in [1.82, 2.24) is 4.98 Å². The average Bonchev–Trinajstić information content (AvgIpc) is 2.46. The second kappa shape index (κ2) is 5.82. The molecule has 1 aliphatic rings. The third kappa shape index (κ3) is 2.92. The van der Waals surface area contributed by atoms with Crippen LogP contribution in [0.2, 0.25) is 0 Å². The van der Waals surface area contributed by atoms with Crippen LogP contribution in [0.15, 0.2) is 18.3 Å². The number of methoxy groups -OCH3 is 1. The monoisotopic (exact) mass is 262 g/mol. The maximum Gasteiger partial charge on any atom is 0.341 e. The number of hydrogen-bond acceptors (Lipinski definition) is 5. The number of anilines is 1. The molecule has 5 nitrogen and oxygen atoms in total. The van der Waals surface area contributed by atoms with Crippen molar-refractivity contribution in [1.29, 1.82) is 0 Å². The molecular weight excluding hydrogens is 244 g/mol. The Bertz CT molecular complexity index is 487. The quantitative estimate of drug-likeness (QED) is 0.775. The van der Waals surface area contributed by atoms with Gasteiger partial charge in [-0.15, -0.1) is 0 Å². The summed E-state index contributed by atoms with van der Waals surface area (Å²) < 4.78 is 4.77. The first kappa shape index (κ1) is 13.5. The van der Waals surface area contributed by atoms with E-state index in [1.165, 1.54) is 7.11 Å². The van der Waals surface area contributed by atoms with Gasteiger partial charge < -0.3 is 9.64 Å². The van der Waals surface area contributed by atoms with Gasteiger partial charge in [0.05, 0.1) is 7.11 Å². The van der Waals surface area contributed by atoms with Crippen molar-refractivity contribution in [3.63, 3.8) is 0 Å². The summed E-state index contributed by atoms with van der Waals surface area (Å²) in [6.45, 7) is 3.05. The Morgan fingerprint density at radius 3 is 2.95 bits per heavy atom. The molecule has 0 N–H and O–H groups in total. The topological polar surface area (TPSA) is 59.5 Å². The van der Waals surface area contributed by atoms with Gasteiger partial charge in [-0.2, -0.15) is 0 Å². The number of esters is 1. The van der Waals surface area contributed by atoms with Crippen LogP contribution in [0, 0.1) is 5.92 Å². The fraction of sp³-hybridized carbons (Fsp3) is 0.500. The predicted molar refractivity (Wildman–Crippen MR) is 71.2 cm³/mol. The number of aromatic nitrogens is 1. The van der Waals surface area contributed by atoms with Crippen molar-refractivity contribution in [2.45, 2.75) is 19.8 Å². The molecule has 0 bridgehead atoms. The van der Waals surface area contributed by atoms with E-state index in [-0.39, 0.29) is 11.7 Å². The second-order valence-corrected chi connectivity index (χ2v) is 4.76. The third-order valence-electron chi connectivity index (χ3n) is 3.49. The zero-order chi connectivity index (χ0) is 13.8. The Hall–Kier alpha value is -1.91. The molecule has 19 heavy (non-hydrogen) atoms.